The summed E-state index contributed by atoms with van der Waals surface area (Å²) in [6.07, 6.45) is 2.79. The number of rotatable bonds is 3. The predicted molar refractivity (Wildman–Crippen MR) is 86.7 cm³/mol. The summed E-state index contributed by atoms with van der Waals surface area (Å²) in [6.45, 7) is 6.93. The summed E-state index contributed by atoms with van der Waals surface area (Å²) in [6, 6.07) is 9.54. The number of nitrogens with zero attached hydrogens (tertiary/aromatic N) is 2. The number of hydrogen-bond acceptors (Lipinski definition) is 3. The third-order valence-electron chi connectivity index (χ3n) is 5.01. The average molecular weight is 273 g/mol. The highest BCUT2D eigenvalue weighted by Crippen LogP contribution is 2.42. The first-order chi connectivity index (χ1) is 9.49. The van der Waals surface area contributed by atoms with E-state index in [0.717, 1.165) is 19.0 Å². The topological polar surface area (TPSA) is 18.5 Å². The smallest absolute Gasteiger partial charge is 0.0387 e. The Balaban J connectivity index is 1.79. The van der Waals surface area contributed by atoms with Crippen LogP contribution in [0.1, 0.15) is 26.7 Å². The van der Waals surface area contributed by atoms with Crippen molar-refractivity contribution < 1.29 is 0 Å². The maximum atomic E-state index is 3.79. The van der Waals surface area contributed by atoms with E-state index in [9.17, 15) is 0 Å². The lowest BCUT2D eigenvalue weighted by molar-refractivity contribution is 0.261. The van der Waals surface area contributed by atoms with Crippen molar-refractivity contribution in [2.24, 2.45) is 5.92 Å². The highest BCUT2D eigenvalue weighted by atomic mass is 15.3. The van der Waals surface area contributed by atoms with Crippen LogP contribution in [0.3, 0.4) is 0 Å². The molecular formula is C17H27N3. The van der Waals surface area contributed by atoms with Gasteiger partial charge in [-0.25, -0.2) is 0 Å². The van der Waals surface area contributed by atoms with Gasteiger partial charge in [0.05, 0.1) is 0 Å². The van der Waals surface area contributed by atoms with Gasteiger partial charge in [0.2, 0.25) is 0 Å². The van der Waals surface area contributed by atoms with Crippen LogP contribution in [0.15, 0.2) is 24.3 Å². The number of nitrogens with one attached hydrogen (secondary N) is 1. The van der Waals surface area contributed by atoms with E-state index in [1.807, 2.05) is 0 Å². The van der Waals surface area contributed by atoms with Crippen LogP contribution >= 0.6 is 0 Å². The quantitative estimate of drug-likeness (QED) is 0.913. The van der Waals surface area contributed by atoms with Gasteiger partial charge in [-0.2, -0.15) is 0 Å². The van der Waals surface area contributed by atoms with E-state index < -0.39 is 0 Å². The zero-order chi connectivity index (χ0) is 14.3. The van der Waals surface area contributed by atoms with Gasteiger partial charge in [0, 0.05) is 50.1 Å². The molecule has 0 bridgehead atoms. The van der Waals surface area contributed by atoms with E-state index in [0.29, 0.717) is 11.6 Å². The number of hydrogen-bond donors (Lipinski definition) is 1. The Hall–Kier alpha value is -1.22. The first-order valence-electron chi connectivity index (χ1n) is 7.79. The van der Waals surface area contributed by atoms with Crippen LogP contribution in [0.25, 0.3) is 0 Å². The zero-order valence-electron chi connectivity index (χ0n) is 13.2. The molecule has 1 N–H and O–H groups in total. The summed E-state index contributed by atoms with van der Waals surface area (Å²) in [4.78, 5) is 4.73. The van der Waals surface area contributed by atoms with Crippen LogP contribution in [0.4, 0.5) is 11.4 Å². The minimum absolute atomic E-state index is 0.298. The third-order valence-corrected chi connectivity index (χ3v) is 5.01. The van der Waals surface area contributed by atoms with E-state index in [4.69, 9.17) is 0 Å². The third kappa shape index (κ3) is 2.51. The van der Waals surface area contributed by atoms with Gasteiger partial charge in [0.15, 0.2) is 0 Å². The second-order valence-corrected chi connectivity index (χ2v) is 6.96. The summed E-state index contributed by atoms with van der Waals surface area (Å²) in [5.41, 5.74) is 2.92. The Morgan fingerprint density at radius 3 is 2.40 bits per heavy atom. The van der Waals surface area contributed by atoms with Crippen LogP contribution < -0.4 is 15.1 Å². The van der Waals surface area contributed by atoms with Crippen molar-refractivity contribution in [1.29, 1.82) is 0 Å². The van der Waals surface area contributed by atoms with Gasteiger partial charge in [-0.05, 0) is 56.9 Å². The molecule has 0 aromatic heterocycles. The molecule has 1 aromatic carbocycles. The normalized spacial score (nSPS) is 30.4. The molecule has 110 valence electrons. The van der Waals surface area contributed by atoms with Crippen LogP contribution in [0.2, 0.25) is 0 Å². The molecule has 1 heterocycles. The minimum Gasteiger partial charge on any atom is -0.378 e. The average Bonchev–Trinajstić information content (AvgIpc) is 3.27. The van der Waals surface area contributed by atoms with Gasteiger partial charge in [0.25, 0.3) is 0 Å². The predicted octanol–water partition coefficient (Wildman–Crippen LogP) is 2.72. The molecule has 1 saturated carbocycles. The molecule has 2 unspecified atom stereocenters. The molecule has 3 rings (SSSR count). The van der Waals surface area contributed by atoms with Gasteiger partial charge in [-0.15, -0.1) is 0 Å². The first kappa shape index (κ1) is 13.7. The van der Waals surface area contributed by atoms with Crippen molar-refractivity contribution in [2.45, 2.75) is 38.3 Å². The molecule has 2 aliphatic rings. The van der Waals surface area contributed by atoms with E-state index in [-0.39, 0.29) is 0 Å². The van der Waals surface area contributed by atoms with Gasteiger partial charge in [0.1, 0.15) is 0 Å². The largest absolute Gasteiger partial charge is 0.378 e. The van der Waals surface area contributed by atoms with Gasteiger partial charge < -0.3 is 15.1 Å². The lowest BCUT2D eigenvalue weighted by atomic mass is 9.91. The van der Waals surface area contributed by atoms with Gasteiger partial charge >= 0.3 is 0 Å². The van der Waals surface area contributed by atoms with Crippen molar-refractivity contribution in [2.75, 3.05) is 37.0 Å². The van der Waals surface area contributed by atoms with E-state index in [1.165, 1.54) is 24.2 Å². The van der Waals surface area contributed by atoms with Crippen molar-refractivity contribution in [1.82, 2.24) is 5.32 Å². The monoisotopic (exact) mass is 273 g/mol. The van der Waals surface area contributed by atoms with Crippen LogP contribution in [0, 0.1) is 5.92 Å². The first-order valence-corrected chi connectivity index (χ1v) is 7.79. The molecule has 3 nitrogen and oxygen atoms in total. The molecule has 0 radical (unpaired) electrons. The van der Waals surface area contributed by atoms with Crippen LogP contribution in [-0.2, 0) is 0 Å². The second kappa shape index (κ2) is 4.96. The Morgan fingerprint density at radius 2 is 1.85 bits per heavy atom. The minimum atomic E-state index is 0.298. The van der Waals surface area contributed by atoms with E-state index in [2.05, 4.69) is 67.3 Å². The number of benzene rings is 1. The zero-order valence-corrected chi connectivity index (χ0v) is 13.2. The van der Waals surface area contributed by atoms with Gasteiger partial charge in [-0.3, -0.25) is 0 Å². The Morgan fingerprint density at radius 1 is 1.20 bits per heavy atom. The summed E-state index contributed by atoms with van der Waals surface area (Å²) >= 11 is 0. The Labute approximate surface area is 123 Å². The fourth-order valence-electron chi connectivity index (χ4n) is 3.34. The number of piperazine rings is 1. The maximum Gasteiger partial charge on any atom is 0.0387 e. The van der Waals surface area contributed by atoms with Crippen molar-refractivity contribution in [3.63, 3.8) is 0 Å². The molecule has 20 heavy (non-hydrogen) atoms. The van der Waals surface area contributed by atoms with Crippen molar-refractivity contribution in [3.05, 3.63) is 24.3 Å². The lowest BCUT2D eigenvalue weighted by Gasteiger charge is -2.47. The van der Waals surface area contributed by atoms with Crippen LogP contribution in [0.5, 0.6) is 0 Å². The number of anilines is 2. The summed E-state index contributed by atoms with van der Waals surface area (Å²) in [7, 11) is 4.18. The molecule has 1 aliphatic heterocycles. The SMILES string of the molecule is CC1CNC(C)(C2CC2)CN1c1ccc(N(C)C)cc1. The van der Waals surface area contributed by atoms with Crippen molar-refractivity contribution in [3.8, 4) is 0 Å². The van der Waals surface area contributed by atoms with Crippen LogP contribution in [-0.4, -0.2) is 38.8 Å². The van der Waals surface area contributed by atoms with E-state index in [1.54, 1.807) is 0 Å². The Kier molecular flexibility index (Phi) is 3.41. The molecule has 3 heteroatoms. The fourth-order valence-corrected chi connectivity index (χ4v) is 3.34. The molecule has 0 spiro atoms. The molecule has 1 saturated heterocycles. The molecule has 1 aromatic rings. The summed E-state index contributed by atoms with van der Waals surface area (Å²) < 4.78 is 0. The summed E-state index contributed by atoms with van der Waals surface area (Å²) in [5.74, 6) is 0.874. The highest BCUT2D eigenvalue weighted by molar-refractivity contribution is 5.57. The van der Waals surface area contributed by atoms with Crippen molar-refractivity contribution >= 4 is 11.4 Å². The molecule has 0 amide bonds. The summed E-state index contributed by atoms with van der Waals surface area (Å²) in [5, 5.41) is 3.79. The molecule has 2 fully saturated rings. The molecular weight excluding hydrogens is 246 g/mol. The Bertz CT molecular complexity index is 464. The molecule has 2 atom stereocenters. The lowest BCUT2D eigenvalue weighted by Crippen LogP contribution is -2.63. The van der Waals surface area contributed by atoms with Gasteiger partial charge in [-0.1, -0.05) is 0 Å². The fraction of sp³-hybridized carbons (Fsp3) is 0.647. The standard InChI is InChI=1S/C17H27N3/c1-13-11-18-17(2,14-5-6-14)12-20(13)16-9-7-15(8-10-16)19(3)4/h7-10,13-14,18H,5-6,11-12H2,1-4H3. The second-order valence-electron chi connectivity index (χ2n) is 6.96. The van der Waals surface area contributed by atoms with E-state index >= 15 is 0 Å². The molecule has 1 aliphatic carbocycles. The maximum absolute atomic E-state index is 3.79. The highest BCUT2D eigenvalue weighted by Gasteiger charge is 2.45.